The lowest BCUT2D eigenvalue weighted by atomic mass is 9.86. The number of aromatic nitrogens is 2. The lowest BCUT2D eigenvalue weighted by molar-refractivity contribution is -0.134. The van der Waals surface area contributed by atoms with E-state index in [-0.39, 0.29) is 6.42 Å². The molecule has 2 aromatic heterocycles. The Bertz CT molecular complexity index is 2300. The fourth-order valence-electron chi connectivity index (χ4n) is 6.39. The van der Waals surface area contributed by atoms with E-state index in [0.29, 0.717) is 41.1 Å². The van der Waals surface area contributed by atoms with Crippen molar-refractivity contribution < 1.29 is 37.1 Å². The first-order valence-electron chi connectivity index (χ1n) is 18.7. The molecule has 2 aliphatic carbocycles. The molecule has 4 aromatic rings. The normalized spacial score (nSPS) is 19.0. The number of nitrogens with zero attached hydrogens (tertiary/aromatic N) is 2. The zero-order valence-corrected chi connectivity index (χ0v) is 33.6. The van der Waals surface area contributed by atoms with Crippen molar-refractivity contribution in [2.24, 2.45) is 11.3 Å². The maximum atomic E-state index is 14.3. The molecule has 6 rings (SSSR count). The number of pyridine rings is 2. The molecule has 15 heteroatoms. The molecule has 14 nitrogen and oxygen atoms in total. The molecule has 300 valence electrons. The maximum Gasteiger partial charge on any atom is 0.408 e. The van der Waals surface area contributed by atoms with Gasteiger partial charge in [0.15, 0.2) is 0 Å². The number of carbonyl (C=O) groups is 4. The van der Waals surface area contributed by atoms with Crippen LogP contribution in [0, 0.1) is 11.3 Å². The van der Waals surface area contributed by atoms with Crippen molar-refractivity contribution in [2.45, 2.75) is 89.3 Å². The molecule has 2 fully saturated rings. The Morgan fingerprint density at radius 2 is 1.58 bits per heavy atom. The second-order valence-corrected chi connectivity index (χ2v) is 18.5. The van der Waals surface area contributed by atoms with Gasteiger partial charge in [-0.15, -0.1) is 6.58 Å². The number of alkyl carbamates (subject to hydrolysis) is 1. The number of para-hydroxylation sites is 1. The summed E-state index contributed by atoms with van der Waals surface area (Å²) in [4.78, 5) is 63.7. The van der Waals surface area contributed by atoms with Crippen LogP contribution in [0.3, 0.4) is 0 Å². The number of hydrogen-bond acceptors (Lipinski definition) is 10. The van der Waals surface area contributed by atoms with Gasteiger partial charge in [-0.05, 0) is 87.4 Å². The first-order chi connectivity index (χ1) is 26.8. The van der Waals surface area contributed by atoms with Crippen LogP contribution in [0.2, 0.25) is 0 Å². The Kier molecular flexibility index (Phi) is 11.2. The molecule has 57 heavy (non-hydrogen) atoms. The van der Waals surface area contributed by atoms with Gasteiger partial charge in [0, 0.05) is 35.3 Å². The number of carbonyl (C=O) groups excluding carboxylic acids is 4. The highest BCUT2D eigenvalue weighted by molar-refractivity contribution is 7.91. The molecular weight excluding hydrogens is 749 g/mol. The third-order valence-electron chi connectivity index (χ3n) is 9.68. The van der Waals surface area contributed by atoms with Gasteiger partial charge in [0.2, 0.25) is 21.8 Å². The minimum Gasteiger partial charge on any atom is -0.457 e. The number of nitrogens with one attached hydrogen (secondary N) is 4. The number of sulfonamides is 1. The molecule has 0 saturated heterocycles. The molecule has 2 aliphatic rings. The standard InChI is InChI=1S/C42H48N6O8S/c1-8-27-24-42(27,38(51)48-57(53,54)29-17-18-29)47-36(49)34(45-37(50)35(40(2,3)4)46-39(52)56-41(5,6)7)26-13-15-28(16-14-26)55-33-23-32(25-19-21-43-22-20-25)44-31-12-10-9-11-30(31)33/h8-16,19-23,27,29,34-35H,1,17-18,24H2,2-7H3,(H,45,50)(H,46,52)(H,47,49)(H,48,51)/t27-,34+,35-,42?/m1/s1. The molecule has 2 saturated carbocycles. The van der Waals surface area contributed by atoms with Crippen LogP contribution in [0.5, 0.6) is 11.5 Å². The second-order valence-electron chi connectivity index (χ2n) is 16.5. The molecule has 0 bridgehead atoms. The van der Waals surface area contributed by atoms with Gasteiger partial charge in [0.05, 0.1) is 16.5 Å². The maximum absolute atomic E-state index is 14.3. The number of ether oxygens (including phenoxy) is 2. The monoisotopic (exact) mass is 796 g/mol. The smallest absolute Gasteiger partial charge is 0.408 e. The highest BCUT2D eigenvalue weighted by Crippen LogP contribution is 2.45. The fourth-order valence-corrected chi connectivity index (χ4v) is 7.75. The first-order valence-corrected chi connectivity index (χ1v) is 20.2. The summed E-state index contributed by atoms with van der Waals surface area (Å²) in [7, 11) is -3.93. The molecule has 2 aromatic carbocycles. The van der Waals surface area contributed by atoms with Crippen LogP contribution in [-0.4, -0.2) is 64.6 Å². The van der Waals surface area contributed by atoms with Crippen molar-refractivity contribution in [3.05, 3.63) is 97.3 Å². The lowest BCUT2D eigenvalue weighted by Crippen LogP contribution is -2.58. The number of amides is 4. The van der Waals surface area contributed by atoms with E-state index in [0.717, 1.165) is 10.9 Å². The Labute approximate surface area is 332 Å². The van der Waals surface area contributed by atoms with E-state index in [2.05, 4.69) is 32.2 Å². The van der Waals surface area contributed by atoms with Crippen LogP contribution in [0.15, 0.2) is 91.8 Å². The number of benzene rings is 2. The van der Waals surface area contributed by atoms with Gasteiger partial charge >= 0.3 is 6.09 Å². The Hall–Kier alpha value is -5.83. The van der Waals surface area contributed by atoms with Gasteiger partial charge in [0.25, 0.3) is 5.91 Å². The minimum absolute atomic E-state index is 0.105. The molecule has 1 unspecified atom stereocenters. The highest BCUT2D eigenvalue weighted by atomic mass is 32.2. The summed E-state index contributed by atoms with van der Waals surface area (Å²) in [5.41, 5.74) is -0.742. The van der Waals surface area contributed by atoms with Crippen LogP contribution in [0.25, 0.3) is 22.2 Å². The van der Waals surface area contributed by atoms with Crippen LogP contribution in [0.4, 0.5) is 4.79 Å². The van der Waals surface area contributed by atoms with E-state index < -0.39 is 73.6 Å². The van der Waals surface area contributed by atoms with Gasteiger partial charge in [-0.1, -0.05) is 51.1 Å². The average Bonchev–Trinajstić information content (AvgIpc) is 4.08. The summed E-state index contributed by atoms with van der Waals surface area (Å²) >= 11 is 0. The highest BCUT2D eigenvalue weighted by Gasteiger charge is 2.61. The van der Waals surface area contributed by atoms with E-state index in [4.69, 9.17) is 14.5 Å². The predicted molar refractivity (Wildman–Crippen MR) is 214 cm³/mol. The van der Waals surface area contributed by atoms with Crippen molar-refractivity contribution in [2.75, 3.05) is 0 Å². The van der Waals surface area contributed by atoms with Gasteiger partial charge in [-0.2, -0.15) is 0 Å². The predicted octanol–water partition coefficient (Wildman–Crippen LogP) is 5.86. The van der Waals surface area contributed by atoms with Crippen LogP contribution < -0.4 is 25.4 Å². The molecule has 0 radical (unpaired) electrons. The number of fused-ring (bicyclic) bond motifs is 1. The van der Waals surface area contributed by atoms with Crippen LogP contribution in [0.1, 0.15) is 72.4 Å². The van der Waals surface area contributed by atoms with Crippen LogP contribution in [-0.2, 0) is 29.1 Å². The largest absolute Gasteiger partial charge is 0.457 e. The molecule has 0 aliphatic heterocycles. The second kappa shape index (κ2) is 15.6. The lowest BCUT2D eigenvalue weighted by Gasteiger charge is -2.33. The van der Waals surface area contributed by atoms with E-state index in [1.807, 2.05) is 42.5 Å². The summed E-state index contributed by atoms with van der Waals surface area (Å²) in [6, 6.07) is 17.0. The van der Waals surface area contributed by atoms with E-state index in [9.17, 15) is 27.6 Å². The van der Waals surface area contributed by atoms with Gasteiger partial charge in [-0.3, -0.25) is 24.1 Å². The number of rotatable bonds is 13. The first kappa shape index (κ1) is 40.8. The summed E-state index contributed by atoms with van der Waals surface area (Å²) in [5, 5.41) is 8.26. The molecule has 4 amide bonds. The summed E-state index contributed by atoms with van der Waals surface area (Å²) < 4.78 is 39.4. The summed E-state index contributed by atoms with van der Waals surface area (Å²) in [6.07, 6.45) is 5.00. The minimum atomic E-state index is -3.93. The van der Waals surface area contributed by atoms with Crippen LogP contribution >= 0.6 is 0 Å². The van der Waals surface area contributed by atoms with Gasteiger partial charge in [-0.25, -0.2) is 18.2 Å². The molecule has 2 heterocycles. The third-order valence-corrected chi connectivity index (χ3v) is 11.5. The molecule has 0 spiro atoms. The summed E-state index contributed by atoms with van der Waals surface area (Å²) in [6.45, 7) is 14.1. The van der Waals surface area contributed by atoms with Crippen molar-refractivity contribution in [3.8, 4) is 22.8 Å². The molecule has 4 atom stereocenters. The Morgan fingerprint density at radius 1 is 0.912 bits per heavy atom. The quantitative estimate of drug-likeness (QED) is 0.119. The summed E-state index contributed by atoms with van der Waals surface area (Å²) in [5.74, 6) is -1.99. The SMILES string of the molecule is C=C[C@@H]1CC1(NC(=O)[C@@H](NC(=O)[C@@H](NC(=O)OC(C)(C)C)C(C)(C)C)c1ccc(Oc2cc(-c3ccncc3)nc3ccccc23)cc1)C(=O)NS(=O)(=O)C1CC1. The average molecular weight is 797 g/mol. The van der Waals surface area contributed by atoms with E-state index >= 15 is 0 Å². The van der Waals surface area contributed by atoms with Gasteiger partial charge < -0.3 is 25.4 Å². The van der Waals surface area contributed by atoms with Crippen molar-refractivity contribution >= 4 is 44.7 Å². The molecular formula is C42H48N6O8S. The van der Waals surface area contributed by atoms with Crippen molar-refractivity contribution in [1.29, 1.82) is 0 Å². The van der Waals surface area contributed by atoms with E-state index in [1.165, 1.54) is 6.08 Å². The number of hydrogen-bond donors (Lipinski definition) is 4. The Balaban J connectivity index is 1.31. The zero-order chi connectivity index (χ0) is 41.3. The zero-order valence-electron chi connectivity index (χ0n) is 32.8. The Morgan fingerprint density at radius 3 is 2.18 bits per heavy atom. The fraction of sp³-hybridized carbons (Fsp3) is 0.381. The van der Waals surface area contributed by atoms with Crippen molar-refractivity contribution in [1.82, 2.24) is 30.6 Å². The van der Waals surface area contributed by atoms with Crippen molar-refractivity contribution in [3.63, 3.8) is 0 Å². The molecule has 4 N–H and O–H groups in total. The van der Waals surface area contributed by atoms with Gasteiger partial charge in [0.1, 0.15) is 34.7 Å². The topological polar surface area (TPSA) is 195 Å². The van der Waals surface area contributed by atoms with E-state index in [1.54, 1.807) is 78.2 Å². The third kappa shape index (κ3) is 9.59.